The Bertz CT molecular complexity index is 1580. The number of methoxy groups -OCH3 is 1. The lowest BCUT2D eigenvalue weighted by atomic mass is 10.0. The third kappa shape index (κ3) is 5.43. The molecule has 1 N–H and O–H groups in total. The molecular weight excluding hydrogens is 494 g/mol. The van der Waals surface area contributed by atoms with Crippen molar-refractivity contribution in [3.63, 3.8) is 0 Å². The van der Waals surface area contributed by atoms with Gasteiger partial charge >= 0.3 is 0 Å². The Morgan fingerprint density at radius 1 is 1.00 bits per heavy atom. The van der Waals surface area contributed by atoms with E-state index in [-0.39, 0.29) is 11.9 Å². The first-order valence-electron chi connectivity index (χ1n) is 12.7. The molecule has 6 heteroatoms. The highest BCUT2D eigenvalue weighted by molar-refractivity contribution is 6.30. The summed E-state index contributed by atoms with van der Waals surface area (Å²) in [7, 11) is 1.65. The number of hydrogen-bond donors (Lipinski definition) is 1. The number of aryl methyl sites for hydroxylation is 2. The first-order valence-corrected chi connectivity index (χ1v) is 13.1. The highest BCUT2D eigenvalue weighted by Crippen LogP contribution is 2.31. The number of aromatic nitrogens is 2. The molecule has 2 heterocycles. The largest absolute Gasteiger partial charge is 0.497 e. The lowest BCUT2D eigenvalue weighted by molar-refractivity contribution is -0.121. The summed E-state index contributed by atoms with van der Waals surface area (Å²) in [5, 5.41) is 3.85. The molecule has 0 aliphatic rings. The van der Waals surface area contributed by atoms with E-state index in [2.05, 4.69) is 28.9 Å². The molecule has 0 bridgehead atoms. The van der Waals surface area contributed by atoms with E-state index in [0.717, 1.165) is 50.6 Å². The fourth-order valence-corrected chi connectivity index (χ4v) is 5.02. The lowest BCUT2D eigenvalue weighted by Gasteiger charge is -2.14. The molecule has 5 rings (SSSR count). The highest BCUT2D eigenvalue weighted by atomic mass is 35.5. The van der Waals surface area contributed by atoms with Gasteiger partial charge in [-0.2, -0.15) is 0 Å². The van der Waals surface area contributed by atoms with Gasteiger partial charge in [0.1, 0.15) is 11.4 Å². The molecule has 0 fully saturated rings. The van der Waals surface area contributed by atoms with Crippen LogP contribution >= 0.6 is 11.6 Å². The summed E-state index contributed by atoms with van der Waals surface area (Å²) in [6.45, 7) is 4.06. The van der Waals surface area contributed by atoms with Crippen molar-refractivity contribution in [3.8, 4) is 28.1 Å². The van der Waals surface area contributed by atoms with E-state index < -0.39 is 0 Å². The molecule has 1 atom stereocenters. The van der Waals surface area contributed by atoms with E-state index in [4.69, 9.17) is 21.3 Å². The quantitative estimate of drug-likeness (QED) is 0.230. The molecule has 1 amide bonds. The van der Waals surface area contributed by atoms with Gasteiger partial charge in [-0.05, 0) is 91.1 Å². The third-order valence-corrected chi connectivity index (χ3v) is 7.08. The van der Waals surface area contributed by atoms with E-state index in [0.29, 0.717) is 17.9 Å². The number of halogens is 1. The van der Waals surface area contributed by atoms with Gasteiger partial charge in [-0.1, -0.05) is 48.0 Å². The third-order valence-electron chi connectivity index (χ3n) is 6.85. The molecule has 3 aromatic carbocycles. The summed E-state index contributed by atoms with van der Waals surface area (Å²) in [5.41, 5.74) is 8.01. The molecule has 192 valence electrons. The van der Waals surface area contributed by atoms with Crippen LogP contribution in [0.3, 0.4) is 0 Å². The Kier molecular flexibility index (Phi) is 7.47. The zero-order valence-electron chi connectivity index (χ0n) is 21.7. The number of ether oxygens (including phenoxy) is 1. The van der Waals surface area contributed by atoms with Gasteiger partial charge in [-0.3, -0.25) is 4.79 Å². The molecule has 5 aromatic rings. The van der Waals surface area contributed by atoms with Crippen molar-refractivity contribution in [2.45, 2.75) is 32.7 Å². The molecule has 0 radical (unpaired) electrons. The summed E-state index contributed by atoms with van der Waals surface area (Å²) >= 11 is 6.20. The average Bonchev–Trinajstić information content (AvgIpc) is 3.30. The molecule has 0 aliphatic carbocycles. The predicted molar refractivity (Wildman–Crippen MR) is 154 cm³/mol. The SMILES string of the molecule is COc1ccc(-c2nc3ccc(-c4ccc(Cl)cc4C)cn3c2CCC(=O)NC(C)c2ccccc2)cc1. The van der Waals surface area contributed by atoms with Crippen molar-refractivity contribution in [2.24, 2.45) is 0 Å². The van der Waals surface area contributed by atoms with Crippen LogP contribution in [0.15, 0.2) is 91.1 Å². The molecule has 0 spiro atoms. The number of imidazole rings is 1. The number of hydrogen-bond acceptors (Lipinski definition) is 3. The van der Waals surface area contributed by atoms with Crippen LogP contribution in [0.4, 0.5) is 0 Å². The van der Waals surface area contributed by atoms with E-state index in [1.165, 1.54) is 0 Å². The molecular formula is C32H30ClN3O2. The van der Waals surface area contributed by atoms with Crippen molar-refractivity contribution in [1.29, 1.82) is 0 Å². The first kappa shape index (κ1) is 25.6. The minimum atomic E-state index is -0.0635. The Morgan fingerprint density at radius 2 is 1.74 bits per heavy atom. The zero-order valence-corrected chi connectivity index (χ0v) is 22.5. The summed E-state index contributed by atoms with van der Waals surface area (Å²) in [6, 6.07) is 27.8. The molecule has 5 nitrogen and oxygen atoms in total. The second-order valence-corrected chi connectivity index (χ2v) is 9.88. The van der Waals surface area contributed by atoms with E-state index in [1.807, 2.05) is 85.8 Å². The Balaban J connectivity index is 1.49. The second-order valence-electron chi connectivity index (χ2n) is 9.44. The maximum absolute atomic E-state index is 13.0. The summed E-state index contributed by atoms with van der Waals surface area (Å²) in [6.07, 6.45) is 2.99. The molecule has 2 aromatic heterocycles. The van der Waals surface area contributed by atoms with Crippen molar-refractivity contribution in [2.75, 3.05) is 7.11 Å². The van der Waals surface area contributed by atoms with Gasteiger partial charge in [-0.25, -0.2) is 4.98 Å². The smallest absolute Gasteiger partial charge is 0.220 e. The van der Waals surface area contributed by atoms with Gasteiger partial charge in [0, 0.05) is 23.2 Å². The Hall–Kier alpha value is -4.09. The lowest BCUT2D eigenvalue weighted by Crippen LogP contribution is -2.26. The number of pyridine rings is 1. The maximum atomic E-state index is 13.0. The Morgan fingerprint density at radius 3 is 2.45 bits per heavy atom. The van der Waals surface area contributed by atoms with Crippen LogP contribution in [0.1, 0.15) is 36.2 Å². The van der Waals surface area contributed by atoms with Gasteiger partial charge in [0.25, 0.3) is 0 Å². The number of rotatable bonds is 8. The number of fused-ring (bicyclic) bond motifs is 1. The van der Waals surface area contributed by atoms with Gasteiger partial charge in [0.2, 0.25) is 5.91 Å². The normalized spacial score (nSPS) is 11.9. The zero-order chi connectivity index (χ0) is 26.6. The van der Waals surface area contributed by atoms with Crippen LogP contribution in [0, 0.1) is 6.92 Å². The molecule has 0 aliphatic heterocycles. The van der Waals surface area contributed by atoms with Gasteiger partial charge < -0.3 is 14.5 Å². The number of amides is 1. The van der Waals surface area contributed by atoms with Crippen LogP contribution in [-0.2, 0) is 11.2 Å². The molecule has 38 heavy (non-hydrogen) atoms. The topological polar surface area (TPSA) is 55.6 Å². The number of benzene rings is 3. The summed E-state index contributed by atoms with van der Waals surface area (Å²) in [4.78, 5) is 18.0. The number of carbonyl (C=O) groups excluding carboxylic acids is 1. The van der Waals surface area contributed by atoms with Crippen LogP contribution in [0.25, 0.3) is 28.0 Å². The Labute approximate surface area is 228 Å². The van der Waals surface area contributed by atoms with Crippen LogP contribution in [-0.4, -0.2) is 22.4 Å². The maximum Gasteiger partial charge on any atom is 0.220 e. The number of nitrogens with one attached hydrogen (secondary N) is 1. The fraction of sp³-hybridized carbons (Fsp3) is 0.188. The molecule has 0 saturated carbocycles. The summed E-state index contributed by atoms with van der Waals surface area (Å²) in [5.74, 6) is 0.788. The minimum absolute atomic E-state index is 0.00156. The van der Waals surface area contributed by atoms with E-state index >= 15 is 0 Å². The standard InChI is InChI=1S/C32H30ClN3O2/c1-21-19-26(33)12-15-28(21)25-11-17-30-35-32(24-9-13-27(38-3)14-10-24)29(36(30)20-25)16-18-31(37)34-22(2)23-7-5-4-6-8-23/h4-15,17,19-20,22H,16,18H2,1-3H3,(H,34,37). The van der Waals surface area contributed by atoms with Crippen molar-refractivity contribution in [1.82, 2.24) is 14.7 Å². The van der Waals surface area contributed by atoms with Crippen LogP contribution < -0.4 is 10.1 Å². The average molecular weight is 524 g/mol. The number of nitrogens with zero attached hydrogens (tertiary/aromatic N) is 2. The van der Waals surface area contributed by atoms with Crippen LogP contribution in [0.2, 0.25) is 5.02 Å². The predicted octanol–water partition coefficient (Wildman–Crippen LogP) is 7.45. The van der Waals surface area contributed by atoms with Crippen LogP contribution in [0.5, 0.6) is 5.75 Å². The first-order chi connectivity index (χ1) is 18.4. The van der Waals surface area contributed by atoms with Crippen molar-refractivity contribution >= 4 is 23.2 Å². The monoisotopic (exact) mass is 523 g/mol. The number of carbonyl (C=O) groups is 1. The van der Waals surface area contributed by atoms with E-state index in [1.54, 1.807) is 7.11 Å². The van der Waals surface area contributed by atoms with Crippen molar-refractivity contribution in [3.05, 3.63) is 113 Å². The highest BCUT2D eigenvalue weighted by Gasteiger charge is 2.18. The van der Waals surface area contributed by atoms with Gasteiger partial charge in [0.15, 0.2) is 0 Å². The molecule has 0 saturated heterocycles. The second kappa shape index (κ2) is 11.1. The van der Waals surface area contributed by atoms with E-state index in [9.17, 15) is 4.79 Å². The molecule has 1 unspecified atom stereocenters. The fourth-order valence-electron chi connectivity index (χ4n) is 4.79. The van der Waals surface area contributed by atoms with Gasteiger partial charge in [-0.15, -0.1) is 0 Å². The van der Waals surface area contributed by atoms with Crippen molar-refractivity contribution < 1.29 is 9.53 Å². The van der Waals surface area contributed by atoms with Gasteiger partial charge in [0.05, 0.1) is 24.5 Å². The summed E-state index contributed by atoms with van der Waals surface area (Å²) < 4.78 is 7.45. The minimum Gasteiger partial charge on any atom is -0.497 e.